The summed E-state index contributed by atoms with van der Waals surface area (Å²) in [5.74, 6) is -0.0187. The van der Waals surface area contributed by atoms with Crippen LogP contribution < -0.4 is 9.62 Å². The molecular formula is C17H28N2O3S. The van der Waals surface area contributed by atoms with E-state index in [-0.39, 0.29) is 17.9 Å². The van der Waals surface area contributed by atoms with Gasteiger partial charge in [-0.1, -0.05) is 19.9 Å². The Morgan fingerprint density at radius 1 is 1.04 bits per heavy atom. The highest BCUT2D eigenvalue weighted by Crippen LogP contribution is 2.24. The molecule has 1 aromatic rings. The number of aryl methyl sites for hydroxylation is 2. The van der Waals surface area contributed by atoms with Crippen LogP contribution in [0.2, 0.25) is 0 Å². The predicted molar refractivity (Wildman–Crippen MR) is 95.1 cm³/mol. The Bertz CT molecular complexity index is 648. The van der Waals surface area contributed by atoms with E-state index < -0.39 is 16.1 Å². The molecule has 1 amide bonds. The summed E-state index contributed by atoms with van der Waals surface area (Å²) >= 11 is 0. The van der Waals surface area contributed by atoms with Crippen molar-refractivity contribution >= 4 is 21.6 Å². The molecular weight excluding hydrogens is 312 g/mol. The lowest BCUT2D eigenvalue weighted by Gasteiger charge is -2.30. The summed E-state index contributed by atoms with van der Waals surface area (Å²) in [4.78, 5) is 12.5. The van der Waals surface area contributed by atoms with Crippen LogP contribution in [0.25, 0.3) is 0 Å². The number of nitrogens with zero attached hydrogens (tertiary/aromatic N) is 1. The van der Waals surface area contributed by atoms with Crippen LogP contribution >= 0.6 is 0 Å². The SMILES string of the molecule is Cc1cc(C)cc(N([C@@H](C)C(=O)N[C@@H](C)C(C)C)S(C)(=O)=O)c1. The number of sulfonamides is 1. The van der Waals surface area contributed by atoms with E-state index in [0.717, 1.165) is 17.4 Å². The minimum atomic E-state index is -3.58. The average molecular weight is 340 g/mol. The van der Waals surface area contributed by atoms with Gasteiger partial charge in [-0.05, 0) is 56.9 Å². The lowest BCUT2D eigenvalue weighted by Crippen LogP contribution is -2.50. The third kappa shape index (κ3) is 5.23. The monoisotopic (exact) mass is 340 g/mol. The lowest BCUT2D eigenvalue weighted by atomic mass is 10.1. The predicted octanol–water partition coefficient (Wildman–Crippen LogP) is 2.62. The summed E-state index contributed by atoms with van der Waals surface area (Å²) in [6.45, 7) is 11.4. The van der Waals surface area contributed by atoms with Crippen molar-refractivity contribution in [3.8, 4) is 0 Å². The summed E-state index contributed by atoms with van der Waals surface area (Å²) in [6, 6.07) is 4.70. The van der Waals surface area contributed by atoms with E-state index in [0.29, 0.717) is 5.69 Å². The number of amides is 1. The first-order valence-electron chi connectivity index (χ1n) is 7.81. The Morgan fingerprint density at radius 2 is 1.52 bits per heavy atom. The maximum Gasteiger partial charge on any atom is 0.243 e. The van der Waals surface area contributed by atoms with Crippen LogP contribution in [0.3, 0.4) is 0 Å². The van der Waals surface area contributed by atoms with Gasteiger partial charge in [0.05, 0.1) is 11.9 Å². The molecule has 0 fully saturated rings. The van der Waals surface area contributed by atoms with Crippen molar-refractivity contribution in [2.24, 2.45) is 5.92 Å². The van der Waals surface area contributed by atoms with Gasteiger partial charge < -0.3 is 5.32 Å². The van der Waals surface area contributed by atoms with Crippen molar-refractivity contribution < 1.29 is 13.2 Å². The summed E-state index contributed by atoms with van der Waals surface area (Å²) in [7, 11) is -3.58. The van der Waals surface area contributed by atoms with E-state index >= 15 is 0 Å². The van der Waals surface area contributed by atoms with Crippen LogP contribution in [0, 0.1) is 19.8 Å². The van der Waals surface area contributed by atoms with Gasteiger partial charge >= 0.3 is 0 Å². The van der Waals surface area contributed by atoms with E-state index in [4.69, 9.17) is 0 Å². The largest absolute Gasteiger partial charge is 0.352 e. The maximum absolute atomic E-state index is 12.5. The number of nitrogens with one attached hydrogen (secondary N) is 1. The average Bonchev–Trinajstić information content (AvgIpc) is 2.35. The van der Waals surface area contributed by atoms with Gasteiger partial charge in [-0.2, -0.15) is 0 Å². The first-order chi connectivity index (χ1) is 10.4. The van der Waals surface area contributed by atoms with Gasteiger partial charge in [0.2, 0.25) is 15.9 Å². The number of hydrogen-bond acceptors (Lipinski definition) is 3. The van der Waals surface area contributed by atoms with Crippen LogP contribution in [-0.2, 0) is 14.8 Å². The highest BCUT2D eigenvalue weighted by molar-refractivity contribution is 7.92. The van der Waals surface area contributed by atoms with E-state index in [9.17, 15) is 13.2 Å². The lowest BCUT2D eigenvalue weighted by molar-refractivity contribution is -0.122. The van der Waals surface area contributed by atoms with Crippen LogP contribution in [0.5, 0.6) is 0 Å². The van der Waals surface area contributed by atoms with Crippen LogP contribution in [-0.4, -0.2) is 32.7 Å². The molecule has 1 rings (SSSR count). The van der Waals surface area contributed by atoms with Crippen LogP contribution in [0.1, 0.15) is 38.8 Å². The fourth-order valence-corrected chi connectivity index (χ4v) is 3.56. The molecule has 0 unspecified atom stereocenters. The Kier molecular flexibility index (Phi) is 6.22. The van der Waals surface area contributed by atoms with Gasteiger partial charge in [-0.25, -0.2) is 8.42 Å². The van der Waals surface area contributed by atoms with Crippen LogP contribution in [0.4, 0.5) is 5.69 Å². The Hall–Kier alpha value is -1.56. The zero-order valence-corrected chi connectivity index (χ0v) is 15.9. The molecule has 0 bridgehead atoms. The Labute approximate surface area is 140 Å². The smallest absolute Gasteiger partial charge is 0.243 e. The first kappa shape index (κ1) is 19.5. The maximum atomic E-state index is 12.5. The Balaban J connectivity index is 3.20. The van der Waals surface area contributed by atoms with Crippen molar-refractivity contribution in [1.82, 2.24) is 5.32 Å². The van der Waals surface area contributed by atoms with Gasteiger partial charge in [-0.3, -0.25) is 9.10 Å². The topological polar surface area (TPSA) is 66.5 Å². The van der Waals surface area contributed by atoms with Gasteiger partial charge in [0.15, 0.2) is 0 Å². The number of carbonyl (C=O) groups excluding carboxylic acids is 1. The normalized spacial score (nSPS) is 14.4. The molecule has 5 nitrogen and oxygen atoms in total. The summed E-state index contributed by atoms with van der Waals surface area (Å²) < 4.78 is 25.7. The summed E-state index contributed by atoms with van der Waals surface area (Å²) in [5, 5.41) is 2.89. The summed E-state index contributed by atoms with van der Waals surface area (Å²) in [6.07, 6.45) is 1.13. The molecule has 0 aliphatic heterocycles. The number of hydrogen-bond donors (Lipinski definition) is 1. The van der Waals surface area contributed by atoms with Crippen molar-refractivity contribution in [3.05, 3.63) is 29.3 Å². The van der Waals surface area contributed by atoms with Gasteiger partial charge in [0, 0.05) is 6.04 Å². The molecule has 0 saturated heterocycles. The minimum Gasteiger partial charge on any atom is -0.352 e. The van der Waals surface area contributed by atoms with Gasteiger partial charge in [0.25, 0.3) is 0 Å². The second kappa shape index (κ2) is 7.34. The number of benzene rings is 1. The fraction of sp³-hybridized carbons (Fsp3) is 0.588. The molecule has 0 heterocycles. The molecule has 0 aliphatic carbocycles. The van der Waals surface area contributed by atoms with Crippen LogP contribution in [0.15, 0.2) is 18.2 Å². The number of rotatable bonds is 6. The molecule has 1 aromatic carbocycles. The minimum absolute atomic E-state index is 0.0226. The second-order valence-corrected chi connectivity index (χ2v) is 8.48. The summed E-state index contributed by atoms with van der Waals surface area (Å²) in [5.41, 5.74) is 2.43. The van der Waals surface area contributed by atoms with Crippen molar-refractivity contribution in [2.75, 3.05) is 10.6 Å². The van der Waals surface area contributed by atoms with E-state index in [1.165, 1.54) is 4.31 Å². The number of carbonyl (C=O) groups is 1. The quantitative estimate of drug-likeness (QED) is 0.865. The van der Waals surface area contributed by atoms with E-state index in [1.807, 2.05) is 40.7 Å². The van der Waals surface area contributed by atoms with Crippen molar-refractivity contribution in [2.45, 2.75) is 53.6 Å². The molecule has 2 atom stereocenters. The van der Waals surface area contributed by atoms with E-state index in [2.05, 4.69) is 5.32 Å². The molecule has 0 aromatic heterocycles. The Morgan fingerprint density at radius 3 is 1.91 bits per heavy atom. The standard InChI is InChI=1S/C17H28N2O3S/c1-11(2)14(5)18-17(20)15(6)19(23(7,21)22)16-9-12(3)8-13(4)10-16/h8-11,14-15H,1-7H3,(H,18,20)/t14-,15-/m0/s1. The molecule has 0 aliphatic rings. The van der Waals surface area contributed by atoms with Gasteiger partial charge in [0.1, 0.15) is 6.04 Å². The third-order valence-electron chi connectivity index (χ3n) is 3.92. The molecule has 23 heavy (non-hydrogen) atoms. The highest BCUT2D eigenvalue weighted by atomic mass is 32.2. The van der Waals surface area contributed by atoms with E-state index in [1.54, 1.807) is 19.1 Å². The fourth-order valence-electron chi connectivity index (χ4n) is 2.40. The second-order valence-electron chi connectivity index (χ2n) is 6.62. The third-order valence-corrected chi connectivity index (χ3v) is 5.16. The number of anilines is 1. The molecule has 0 saturated carbocycles. The zero-order chi connectivity index (χ0) is 17.9. The van der Waals surface area contributed by atoms with Crippen molar-refractivity contribution in [1.29, 1.82) is 0 Å². The molecule has 0 radical (unpaired) electrons. The zero-order valence-electron chi connectivity index (χ0n) is 15.0. The van der Waals surface area contributed by atoms with Gasteiger partial charge in [-0.15, -0.1) is 0 Å². The molecule has 1 N–H and O–H groups in total. The highest BCUT2D eigenvalue weighted by Gasteiger charge is 2.30. The molecule has 130 valence electrons. The molecule has 6 heteroatoms. The molecule has 0 spiro atoms. The van der Waals surface area contributed by atoms with Crippen molar-refractivity contribution in [3.63, 3.8) is 0 Å². The first-order valence-corrected chi connectivity index (χ1v) is 9.66.